The van der Waals surface area contributed by atoms with Crippen LogP contribution < -0.4 is 10.1 Å². The van der Waals surface area contributed by atoms with Crippen molar-refractivity contribution < 1.29 is 33.4 Å². The average Bonchev–Trinajstić information content (AvgIpc) is 3.55. The number of hydrogen-bond donors (Lipinski definition) is 1. The normalized spacial score (nSPS) is 16.4. The van der Waals surface area contributed by atoms with Gasteiger partial charge in [-0.15, -0.1) is 0 Å². The van der Waals surface area contributed by atoms with E-state index in [-0.39, 0.29) is 42.7 Å². The molecule has 1 aromatic heterocycles. The van der Waals surface area contributed by atoms with Crippen molar-refractivity contribution in [2.75, 3.05) is 66.1 Å². The Balaban J connectivity index is 1.37. The van der Waals surface area contributed by atoms with E-state index in [0.29, 0.717) is 68.9 Å². The Kier molecular flexibility index (Phi) is 11.6. The van der Waals surface area contributed by atoms with Crippen molar-refractivity contribution in [1.29, 1.82) is 0 Å². The molecule has 5 amide bonds. The highest BCUT2D eigenvalue weighted by molar-refractivity contribution is 5.99. The number of hydrogen-bond acceptors (Lipinski definition) is 8. The molecule has 0 spiro atoms. The van der Waals surface area contributed by atoms with Crippen molar-refractivity contribution in [2.24, 2.45) is 0 Å². The molecule has 2 aliphatic rings. The second kappa shape index (κ2) is 15.5. The Morgan fingerprint density at radius 2 is 1.73 bits per heavy atom. The molecule has 45 heavy (non-hydrogen) atoms. The molecule has 0 radical (unpaired) electrons. The zero-order valence-corrected chi connectivity index (χ0v) is 26.7. The van der Waals surface area contributed by atoms with Crippen LogP contribution in [0.25, 0.3) is 10.9 Å². The smallest absolute Gasteiger partial charge is 0.409 e. The number of aromatic nitrogens is 1. The predicted octanol–water partition coefficient (Wildman–Crippen LogP) is 2.20. The molecule has 13 heteroatoms. The summed E-state index contributed by atoms with van der Waals surface area (Å²) in [5.41, 5.74) is 1.48. The Morgan fingerprint density at radius 1 is 1.00 bits per heavy atom. The number of unbranched alkanes of at least 4 members (excludes halogenated alkanes) is 1. The van der Waals surface area contributed by atoms with Crippen LogP contribution in [-0.4, -0.2) is 126 Å². The fourth-order valence-electron chi connectivity index (χ4n) is 5.39. The number of likely N-dealkylation sites (tertiary alicyclic amines) is 1. The van der Waals surface area contributed by atoms with Gasteiger partial charge in [-0.1, -0.05) is 19.4 Å². The van der Waals surface area contributed by atoms with Crippen LogP contribution in [0.15, 0.2) is 24.3 Å². The fourth-order valence-corrected chi connectivity index (χ4v) is 5.39. The van der Waals surface area contributed by atoms with Gasteiger partial charge in [-0.25, -0.2) is 9.78 Å². The van der Waals surface area contributed by atoms with E-state index in [2.05, 4.69) is 10.3 Å². The fraction of sp³-hybridized carbons (Fsp3) is 0.562. The van der Waals surface area contributed by atoms with Crippen molar-refractivity contribution in [1.82, 2.24) is 29.9 Å². The van der Waals surface area contributed by atoms with E-state index < -0.39 is 11.9 Å². The lowest BCUT2D eigenvalue weighted by Gasteiger charge is -2.34. The maximum absolute atomic E-state index is 13.2. The number of nitrogens with zero attached hydrogens (tertiary/aromatic N) is 5. The Bertz CT molecular complexity index is 1410. The Morgan fingerprint density at radius 3 is 2.44 bits per heavy atom. The third-order valence-corrected chi connectivity index (χ3v) is 8.23. The summed E-state index contributed by atoms with van der Waals surface area (Å²) in [7, 11) is 1.72. The van der Waals surface area contributed by atoms with E-state index in [1.165, 1.54) is 6.07 Å². The number of carbonyl (C=O) groups excluding carboxylic acids is 5. The van der Waals surface area contributed by atoms with Crippen LogP contribution in [0.3, 0.4) is 0 Å². The number of amides is 5. The van der Waals surface area contributed by atoms with Crippen molar-refractivity contribution in [3.8, 4) is 5.75 Å². The van der Waals surface area contributed by atoms with E-state index in [1.807, 2.05) is 39.0 Å². The quantitative estimate of drug-likeness (QED) is 0.375. The highest BCUT2D eigenvalue weighted by atomic mass is 16.6. The number of fused-ring (bicyclic) bond motifs is 1. The lowest BCUT2D eigenvalue weighted by Crippen LogP contribution is -2.52. The van der Waals surface area contributed by atoms with Crippen LogP contribution in [0.4, 0.5) is 4.79 Å². The second-order valence-corrected chi connectivity index (χ2v) is 11.4. The van der Waals surface area contributed by atoms with Crippen LogP contribution in [-0.2, 0) is 19.1 Å². The summed E-state index contributed by atoms with van der Waals surface area (Å²) < 4.78 is 11.2. The monoisotopic (exact) mass is 624 g/mol. The Hall–Kier alpha value is -4.42. The molecule has 2 fully saturated rings. The number of piperazine rings is 1. The summed E-state index contributed by atoms with van der Waals surface area (Å²) in [6.07, 6.45) is 2.71. The molecule has 4 rings (SSSR count). The number of likely N-dealkylation sites (N-methyl/N-ethyl adjacent to an activating group) is 1. The molecule has 0 aliphatic carbocycles. The molecule has 3 heterocycles. The summed E-state index contributed by atoms with van der Waals surface area (Å²) in [4.78, 5) is 75.0. The summed E-state index contributed by atoms with van der Waals surface area (Å²) in [6.45, 7) is 8.08. The first-order valence-corrected chi connectivity index (χ1v) is 15.7. The first-order valence-electron chi connectivity index (χ1n) is 15.7. The predicted molar refractivity (Wildman–Crippen MR) is 167 cm³/mol. The third kappa shape index (κ3) is 8.40. The first kappa shape index (κ1) is 33.5. The SMILES string of the molecule is CCCCOC(=O)N1CCN(C(=O)CNC(=O)c2cc(OCC(=O)N3CCC[C@H]3C(=O)N(C)CC)c3ccc(C)cc3n2)CC1. The number of nitrogens with one attached hydrogen (secondary N) is 1. The van der Waals surface area contributed by atoms with Crippen LogP contribution in [0, 0.1) is 6.92 Å². The lowest BCUT2D eigenvalue weighted by atomic mass is 10.1. The number of rotatable bonds is 11. The molecule has 2 aliphatic heterocycles. The summed E-state index contributed by atoms with van der Waals surface area (Å²) in [6, 6.07) is 6.47. The van der Waals surface area contributed by atoms with Crippen molar-refractivity contribution in [3.05, 3.63) is 35.5 Å². The highest BCUT2D eigenvalue weighted by Gasteiger charge is 2.35. The maximum Gasteiger partial charge on any atom is 0.409 e. The van der Waals surface area contributed by atoms with Crippen LogP contribution in [0.1, 0.15) is 55.6 Å². The molecule has 2 aromatic rings. The molecule has 244 valence electrons. The van der Waals surface area contributed by atoms with Gasteiger partial charge in [0.1, 0.15) is 17.5 Å². The first-order chi connectivity index (χ1) is 21.6. The Labute approximate surface area is 263 Å². The molecule has 13 nitrogen and oxygen atoms in total. The zero-order chi connectivity index (χ0) is 32.5. The number of pyridine rings is 1. The van der Waals surface area contributed by atoms with Gasteiger partial charge in [-0.2, -0.15) is 0 Å². The maximum atomic E-state index is 13.2. The van der Waals surface area contributed by atoms with E-state index in [0.717, 1.165) is 24.8 Å². The highest BCUT2D eigenvalue weighted by Crippen LogP contribution is 2.27. The van der Waals surface area contributed by atoms with Gasteiger partial charge in [0.15, 0.2) is 6.61 Å². The van der Waals surface area contributed by atoms with Crippen LogP contribution in [0.2, 0.25) is 0 Å². The molecular weight excluding hydrogens is 580 g/mol. The van der Waals surface area contributed by atoms with Gasteiger partial charge in [0, 0.05) is 57.8 Å². The van der Waals surface area contributed by atoms with Gasteiger partial charge in [-0.05, 0) is 50.8 Å². The summed E-state index contributed by atoms with van der Waals surface area (Å²) >= 11 is 0. The minimum atomic E-state index is -0.561. The lowest BCUT2D eigenvalue weighted by molar-refractivity contribution is -0.144. The third-order valence-electron chi connectivity index (χ3n) is 8.23. The zero-order valence-electron chi connectivity index (χ0n) is 26.7. The summed E-state index contributed by atoms with van der Waals surface area (Å²) in [5, 5.41) is 3.28. The van der Waals surface area contributed by atoms with Crippen LogP contribution in [0.5, 0.6) is 5.75 Å². The van der Waals surface area contributed by atoms with Gasteiger partial charge in [-0.3, -0.25) is 19.2 Å². The molecule has 0 unspecified atom stereocenters. The minimum absolute atomic E-state index is 0.0433. The van der Waals surface area contributed by atoms with Crippen molar-refractivity contribution >= 4 is 40.6 Å². The van der Waals surface area contributed by atoms with E-state index in [1.54, 1.807) is 26.6 Å². The van der Waals surface area contributed by atoms with Crippen molar-refractivity contribution in [2.45, 2.75) is 52.5 Å². The van der Waals surface area contributed by atoms with Gasteiger partial charge in [0.2, 0.25) is 11.8 Å². The summed E-state index contributed by atoms with van der Waals surface area (Å²) in [5.74, 6) is -0.926. The standard InChI is InChI=1S/C32H44N6O7/c1-5-7-17-44-32(43)37-15-13-36(14-16-37)28(39)20-33-30(41)25-19-27(23-11-10-22(3)18-24(23)34-25)45-21-29(40)38-12-8-9-26(38)31(42)35(4)6-2/h10-11,18-19,26H,5-9,12-17,20-21H2,1-4H3,(H,33,41)/t26-/m0/s1. The topological polar surface area (TPSA) is 142 Å². The average molecular weight is 625 g/mol. The second-order valence-electron chi connectivity index (χ2n) is 11.4. The molecule has 1 aromatic carbocycles. The van der Waals surface area contributed by atoms with E-state index >= 15 is 0 Å². The molecule has 1 N–H and O–H groups in total. The number of ether oxygens (including phenoxy) is 2. The molecular formula is C32H44N6O7. The van der Waals surface area contributed by atoms with Gasteiger partial charge in [0.25, 0.3) is 11.8 Å². The molecule has 2 saturated heterocycles. The van der Waals surface area contributed by atoms with E-state index in [4.69, 9.17) is 9.47 Å². The van der Waals surface area contributed by atoms with E-state index in [9.17, 15) is 24.0 Å². The number of carbonyl (C=O) groups is 5. The van der Waals surface area contributed by atoms with Crippen LogP contribution >= 0.6 is 0 Å². The molecule has 1 atom stereocenters. The van der Waals surface area contributed by atoms with Crippen molar-refractivity contribution in [3.63, 3.8) is 0 Å². The largest absolute Gasteiger partial charge is 0.483 e. The molecule has 0 saturated carbocycles. The molecule has 0 bridgehead atoms. The van der Waals surface area contributed by atoms with Gasteiger partial charge < -0.3 is 34.4 Å². The van der Waals surface area contributed by atoms with Gasteiger partial charge >= 0.3 is 6.09 Å². The number of aryl methyl sites for hydroxylation is 1. The van der Waals surface area contributed by atoms with Gasteiger partial charge in [0.05, 0.1) is 18.7 Å². The minimum Gasteiger partial charge on any atom is -0.483 e. The number of benzene rings is 1.